The van der Waals surface area contributed by atoms with Crippen molar-refractivity contribution in [3.63, 3.8) is 0 Å². The monoisotopic (exact) mass is 400 g/mol. The zero-order chi connectivity index (χ0) is 21.0. The molecule has 9 heteroatoms. The zero-order valence-electron chi connectivity index (χ0n) is 16.9. The van der Waals surface area contributed by atoms with E-state index in [1.807, 2.05) is 13.8 Å². The van der Waals surface area contributed by atoms with Crippen molar-refractivity contribution in [2.75, 3.05) is 14.2 Å². The fourth-order valence-corrected chi connectivity index (χ4v) is 3.08. The van der Waals surface area contributed by atoms with E-state index in [4.69, 9.17) is 14.0 Å². The molecule has 1 aromatic carbocycles. The van der Waals surface area contributed by atoms with Gasteiger partial charge < -0.3 is 19.3 Å². The maximum atomic E-state index is 12.7. The number of nitrogens with zero attached hydrogens (tertiary/aromatic N) is 3. The molecule has 154 valence electrons. The predicted molar refractivity (Wildman–Crippen MR) is 106 cm³/mol. The van der Waals surface area contributed by atoms with Crippen LogP contribution in [0.4, 0.5) is 0 Å². The summed E-state index contributed by atoms with van der Waals surface area (Å²) in [5.41, 5.74) is 1.99. The molecule has 0 saturated carbocycles. The summed E-state index contributed by atoms with van der Waals surface area (Å²) in [6.07, 6.45) is 2.28. The Morgan fingerprint density at radius 1 is 1.21 bits per heavy atom. The summed E-state index contributed by atoms with van der Waals surface area (Å²) in [7, 11) is 3.04. The first-order valence-corrected chi connectivity index (χ1v) is 9.24. The smallest absolute Gasteiger partial charge is 0.261 e. The molecular formula is C20H24N4O5. The lowest BCUT2D eigenvalue weighted by Gasteiger charge is -2.10. The molecule has 2 heterocycles. The van der Waals surface area contributed by atoms with Crippen LogP contribution in [0.2, 0.25) is 0 Å². The second kappa shape index (κ2) is 8.76. The maximum Gasteiger partial charge on any atom is 0.261 e. The van der Waals surface area contributed by atoms with Crippen molar-refractivity contribution in [2.24, 2.45) is 0 Å². The number of amides is 1. The van der Waals surface area contributed by atoms with E-state index in [9.17, 15) is 9.59 Å². The summed E-state index contributed by atoms with van der Waals surface area (Å²) >= 11 is 0. The number of carbonyl (C=O) groups excluding carboxylic acids is 1. The van der Waals surface area contributed by atoms with Gasteiger partial charge >= 0.3 is 0 Å². The third-order valence-electron chi connectivity index (χ3n) is 4.78. The topological polar surface area (TPSA) is 108 Å². The molecule has 0 bridgehead atoms. The number of ether oxygens (including phenoxy) is 2. The first-order chi connectivity index (χ1) is 13.9. The fourth-order valence-electron chi connectivity index (χ4n) is 3.08. The number of carbonyl (C=O) groups is 1. The summed E-state index contributed by atoms with van der Waals surface area (Å²) in [5.74, 6) is 1.58. The van der Waals surface area contributed by atoms with Crippen LogP contribution in [0, 0.1) is 13.8 Å². The van der Waals surface area contributed by atoms with Crippen LogP contribution in [0.25, 0.3) is 10.9 Å². The Morgan fingerprint density at radius 2 is 1.93 bits per heavy atom. The van der Waals surface area contributed by atoms with Crippen molar-refractivity contribution in [1.29, 1.82) is 0 Å². The Morgan fingerprint density at radius 3 is 2.59 bits per heavy atom. The lowest BCUT2D eigenvalue weighted by Crippen LogP contribution is -2.25. The van der Waals surface area contributed by atoms with Crippen molar-refractivity contribution in [3.05, 3.63) is 45.8 Å². The lowest BCUT2D eigenvalue weighted by atomic mass is 10.2. The van der Waals surface area contributed by atoms with Crippen molar-refractivity contribution in [3.8, 4) is 11.5 Å². The molecule has 0 aliphatic rings. The van der Waals surface area contributed by atoms with Gasteiger partial charge in [0.2, 0.25) is 5.91 Å². The van der Waals surface area contributed by atoms with Gasteiger partial charge in [-0.15, -0.1) is 0 Å². The molecule has 0 saturated heterocycles. The Kier molecular flexibility index (Phi) is 6.16. The number of fused-ring (bicyclic) bond motifs is 1. The number of aromatic nitrogens is 3. The normalized spacial score (nSPS) is 10.9. The average Bonchev–Trinajstić information content (AvgIpc) is 3.04. The van der Waals surface area contributed by atoms with Gasteiger partial charge in [-0.05, 0) is 26.3 Å². The van der Waals surface area contributed by atoms with E-state index in [0.717, 1.165) is 11.3 Å². The van der Waals surface area contributed by atoms with E-state index in [1.165, 1.54) is 25.1 Å². The Hall–Kier alpha value is -3.36. The summed E-state index contributed by atoms with van der Waals surface area (Å²) in [6.45, 7) is 4.40. The largest absolute Gasteiger partial charge is 0.493 e. The summed E-state index contributed by atoms with van der Waals surface area (Å²) in [5, 5.41) is 7.16. The quantitative estimate of drug-likeness (QED) is 0.617. The summed E-state index contributed by atoms with van der Waals surface area (Å²) in [4.78, 5) is 29.2. The lowest BCUT2D eigenvalue weighted by molar-refractivity contribution is -0.121. The van der Waals surface area contributed by atoms with E-state index in [1.54, 1.807) is 12.1 Å². The molecule has 0 aliphatic heterocycles. The van der Waals surface area contributed by atoms with Crippen LogP contribution >= 0.6 is 0 Å². The molecule has 1 N–H and O–H groups in total. The van der Waals surface area contributed by atoms with Crippen LogP contribution in [-0.2, 0) is 17.9 Å². The summed E-state index contributed by atoms with van der Waals surface area (Å²) in [6, 6.07) is 3.29. The average molecular weight is 400 g/mol. The van der Waals surface area contributed by atoms with Gasteiger partial charge in [0.05, 0.1) is 37.1 Å². The maximum absolute atomic E-state index is 12.7. The Labute approximate surface area is 167 Å². The first-order valence-electron chi connectivity index (χ1n) is 9.24. The first kappa shape index (κ1) is 20.4. The third-order valence-corrected chi connectivity index (χ3v) is 4.78. The number of rotatable bonds is 8. The van der Waals surface area contributed by atoms with Gasteiger partial charge in [-0.25, -0.2) is 4.98 Å². The molecule has 2 aromatic heterocycles. The highest BCUT2D eigenvalue weighted by Crippen LogP contribution is 2.29. The molecular weight excluding hydrogens is 376 g/mol. The molecule has 29 heavy (non-hydrogen) atoms. The minimum absolute atomic E-state index is 0.0989. The van der Waals surface area contributed by atoms with Gasteiger partial charge in [0.1, 0.15) is 5.76 Å². The minimum atomic E-state index is -0.188. The van der Waals surface area contributed by atoms with Gasteiger partial charge in [0.15, 0.2) is 11.5 Å². The molecule has 3 aromatic rings. The van der Waals surface area contributed by atoms with Crippen molar-refractivity contribution < 1.29 is 18.8 Å². The van der Waals surface area contributed by atoms with Crippen LogP contribution < -0.4 is 20.3 Å². The van der Waals surface area contributed by atoms with Gasteiger partial charge in [-0.1, -0.05) is 5.16 Å². The van der Waals surface area contributed by atoms with Crippen LogP contribution in [0.15, 0.2) is 27.8 Å². The van der Waals surface area contributed by atoms with Crippen molar-refractivity contribution in [2.45, 2.75) is 39.8 Å². The third kappa shape index (κ3) is 4.39. The molecule has 9 nitrogen and oxygen atoms in total. The van der Waals surface area contributed by atoms with Gasteiger partial charge in [-0.3, -0.25) is 14.2 Å². The van der Waals surface area contributed by atoms with Crippen LogP contribution in [-0.4, -0.2) is 34.8 Å². The van der Waals surface area contributed by atoms with E-state index in [0.29, 0.717) is 54.1 Å². The number of methoxy groups -OCH3 is 2. The number of aryl methyl sites for hydroxylation is 3. The standard InChI is InChI=1S/C20H24N4O5/c1-12-15(13(2)29-23-12)10-21-19(25)6-5-7-24-11-22-16-9-18(28-4)17(27-3)8-14(16)20(24)26/h8-9,11H,5-7,10H2,1-4H3,(H,21,25). The van der Waals surface area contributed by atoms with E-state index in [-0.39, 0.29) is 11.5 Å². The molecule has 0 aliphatic carbocycles. The van der Waals surface area contributed by atoms with Crippen LogP contribution in [0.3, 0.4) is 0 Å². The predicted octanol–water partition coefficient (Wildman–Crippen LogP) is 2.12. The van der Waals surface area contributed by atoms with E-state index >= 15 is 0 Å². The van der Waals surface area contributed by atoms with Crippen LogP contribution in [0.5, 0.6) is 11.5 Å². The SMILES string of the molecule is COc1cc2ncn(CCCC(=O)NCc3c(C)noc3C)c(=O)c2cc1OC. The van der Waals surface area contributed by atoms with Crippen molar-refractivity contribution >= 4 is 16.8 Å². The number of nitrogens with one attached hydrogen (secondary N) is 1. The molecule has 0 unspecified atom stereocenters. The number of benzene rings is 1. The number of hydrogen-bond donors (Lipinski definition) is 1. The molecule has 0 spiro atoms. The second-order valence-corrected chi connectivity index (χ2v) is 6.65. The summed E-state index contributed by atoms with van der Waals surface area (Å²) < 4.78 is 17.1. The van der Waals surface area contributed by atoms with Gasteiger partial charge in [0, 0.05) is 31.1 Å². The molecule has 0 fully saturated rings. The highest BCUT2D eigenvalue weighted by molar-refractivity contribution is 5.81. The van der Waals surface area contributed by atoms with Crippen LogP contribution in [0.1, 0.15) is 29.9 Å². The van der Waals surface area contributed by atoms with Gasteiger partial charge in [0.25, 0.3) is 5.56 Å². The Bertz CT molecular complexity index is 1070. The van der Waals surface area contributed by atoms with E-state index in [2.05, 4.69) is 15.5 Å². The second-order valence-electron chi connectivity index (χ2n) is 6.65. The van der Waals surface area contributed by atoms with Gasteiger partial charge in [-0.2, -0.15) is 0 Å². The highest BCUT2D eigenvalue weighted by Gasteiger charge is 2.12. The van der Waals surface area contributed by atoms with Crippen molar-refractivity contribution in [1.82, 2.24) is 20.0 Å². The zero-order valence-corrected chi connectivity index (χ0v) is 16.9. The molecule has 1 amide bonds. The highest BCUT2D eigenvalue weighted by atomic mass is 16.5. The number of hydrogen-bond acceptors (Lipinski definition) is 7. The molecule has 0 radical (unpaired) electrons. The Balaban J connectivity index is 1.62. The molecule has 3 rings (SSSR count). The van der Waals surface area contributed by atoms with E-state index < -0.39 is 0 Å². The molecule has 0 atom stereocenters. The fraction of sp³-hybridized carbons (Fsp3) is 0.400. The minimum Gasteiger partial charge on any atom is -0.493 e.